The Morgan fingerprint density at radius 3 is 2.65 bits per heavy atom. The Morgan fingerprint density at radius 2 is 1.97 bits per heavy atom. The first kappa shape index (κ1) is 25.1. The second-order valence-electron chi connectivity index (χ2n) is 7.07. The van der Waals surface area contributed by atoms with E-state index in [1.807, 2.05) is 6.07 Å². The zero-order valence-electron chi connectivity index (χ0n) is 18.4. The molecule has 0 saturated heterocycles. The molecule has 0 spiro atoms. The van der Waals surface area contributed by atoms with E-state index in [0.29, 0.717) is 39.2 Å². The van der Waals surface area contributed by atoms with E-state index in [-0.39, 0.29) is 12.6 Å². The number of nitrogens with zero attached hydrogens (tertiary/aromatic N) is 2. The van der Waals surface area contributed by atoms with Gasteiger partial charge in [0.25, 0.3) is 0 Å². The van der Waals surface area contributed by atoms with Crippen LogP contribution in [0.25, 0.3) is 0 Å². The summed E-state index contributed by atoms with van der Waals surface area (Å²) >= 11 is -1.46. The minimum atomic E-state index is -2.15. The summed E-state index contributed by atoms with van der Waals surface area (Å²) in [5.74, 6) is 6.81. The average molecular weight is 501 g/mol. The highest BCUT2D eigenvalue weighted by atomic mass is 32.2. The first-order valence-electron chi connectivity index (χ1n) is 10.0. The van der Waals surface area contributed by atoms with Gasteiger partial charge < -0.3 is 15.7 Å². The first-order valence-corrected chi connectivity index (χ1v) is 12.8. The minimum absolute atomic E-state index is 0.0983. The van der Waals surface area contributed by atoms with E-state index in [2.05, 4.69) is 37.9 Å². The molecule has 0 radical (unpaired) electrons. The molecule has 0 saturated carbocycles. The van der Waals surface area contributed by atoms with Gasteiger partial charge in [-0.15, -0.1) is 0 Å². The molecule has 34 heavy (non-hydrogen) atoms. The molecule has 0 bridgehead atoms. The molecule has 0 fully saturated rings. The molecule has 0 aliphatic heterocycles. The van der Waals surface area contributed by atoms with Crippen molar-refractivity contribution in [2.24, 2.45) is 0 Å². The van der Waals surface area contributed by atoms with Crippen molar-refractivity contribution in [3.05, 3.63) is 65.9 Å². The number of nitrogens with one attached hydrogen (secondary N) is 4. The standard InChI is InChI=1S/C22H24N6O4S2/c1-15(14-29)25-21-17(7-6-16-4-3-5-19(12-16)28-32-33(2)30)13-24-22(27-21)26-18-8-10-20(11-9-18)34(23)31/h3-5,8-13,15,23,28-29,34H,14H2,1-2H3,(H2,24,25,26,27)/t15-,33?/m1/s1. The van der Waals surface area contributed by atoms with Gasteiger partial charge >= 0.3 is 0 Å². The van der Waals surface area contributed by atoms with Gasteiger partial charge in [0.1, 0.15) is 5.82 Å². The summed E-state index contributed by atoms with van der Waals surface area (Å²) in [5, 5.41) is 15.6. The summed E-state index contributed by atoms with van der Waals surface area (Å²) in [7, 11) is -2.15. The fourth-order valence-electron chi connectivity index (χ4n) is 2.64. The smallest absolute Gasteiger partial charge is 0.229 e. The molecule has 12 heteroatoms. The maximum Gasteiger partial charge on any atom is 0.229 e. The van der Waals surface area contributed by atoms with Crippen molar-refractivity contribution in [1.82, 2.24) is 9.97 Å². The second-order valence-corrected chi connectivity index (χ2v) is 9.14. The number of hydrogen-bond donors (Lipinski definition) is 6. The van der Waals surface area contributed by atoms with Gasteiger partial charge in [0.15, 0.2) is 11.1 Å². The van der Waals surface area contributed by atoms with Gasteiger partial charge in [-0.3, -0.25) is 10.3 Å². The van der Waals surface area contributed by atoms with Crippen LogP contribution in [0.5, 0.6) is 0 Å². The predicted molar refractivity (Wildman–Crippen MR) is 134 cm³/mol. The summed E-state index contributed by atoms with van der Waals surface area (Å²) in [6.07, 6.45) is 2.97. The van der Waals surface area contributed by atoms with Crippen molar-refractivity contribution < 1.29 is 17.8 Å². The fraction of sp³-hybridized carbons (Fsp3) is 0.182. The monoisotopic (exact) mass is 500 g/mol. The minimum Gasteiger partial charge on any atom is -0.394 e. The Balaban J connectivity index is 1.85. The SMILES string of the molecule is C[C@H](CO)Nc1nc(Nc2ccc([SH](=N)=O)cc2)ncc1C#Cc1cccc(NOS(C)=O)c1. The summed E-state index contributed by atoms with van der Waals surface area (Å²) in [6.45, 7) is 1.71. The van der Waals surface area contributed by atoms with E-state index in [1.54, 1.807) is 55.6 Å². The molecule has 0 aliphatic rings. The van der Waals surface area contributed by atoms with Crippen molar-refractivity contribution in [3.8, 4) is 11.8 Å². The average Bonchev–Trinajstić information content (AvgIpc) is 2.82. The first-order chi connectivity index (χ1) is 16.3. The van der Waals surface area contributed by atoms with Gasteiger partial charge in [-0.1, -0.05) is 17.9 Å². The Hall–Kier alpha value is -3.50. The lowest BCUT2D eigenvalue weighted by Crippen LogP contribution is -2.21. The summed E-state index contributed by atoms with van der Waals surface area (Å²) in [5.41, 5.74) is 5.08. The third kappa shape index (κ3) is 7.53. The Labute approximate surface area is 201 Å². The molecule has 3 aromatic rings. The van der Waals surface area contributed by atoms with Gasteiger partial charge in [0.05, 0.1) is 34.7 Å². The van der Waals surface area contributed by atoms with Crippen LogP contribution in [0.3, 0.4) is 0 Å². The summed E-state index contributed by atoms with van der Waals surface area (Å²) in [4.78, 5) is 9.23. The Bertz CT molecular complexity index is 1290. The maximum absolute atomic E-state index is 11.3. The van der Waals surface area contributed by atoms with Crippen molar-refractivity contribution in [3.63, 3.8) is 0 Å². The van der Waals surface area contributed by atoms with Gasteiger partial charge in [-0.25, -0.2) is 13.4 Å². The van der Waals surface area contributed by atoms with E-state index in [9.17, 15) is 13.5 Å². The number of aromatic nitrogens is 2. The van der Waals surface area contributed by atoms with Crippen LogP contribution in [0.1, 0.15) is 18.1 Å². The number of hydrogen-bond acceptors (Lipinski definition) is 10. The van der Waals surface area contributed by atoms with Gasteiger partial charge in [0, 0.05) is 28.4 Å². The molecule has 3 rings (SSSR count). The Kier molecular flexibility index (Phi) is 8.94. The van der Waals surface area contributed by atoms with Crippen LogP contribution >= 0.6 is 0 Å². The van der Waals surface area contributed by atoms with Gasteiger partial charge in [-0.05, 0) is 49.4 Å². The highest BCUT2D eigenvalue weighted by Crippen LogP contribution is 2.19. The van der Waals surface area contributed by atoms with Crippen LogP contribution in [0, 0.1) is 16.6 Å². The third-order valence-corrected chi connectivity index (χ3v) is 5.37. The lowest BCUT2D eigenvalue weighted by Gasteiger charge is -2.14. The van der Waals surface area contributed by atoms with Crippen molar-refractivity contribution in [2.45, 2.75) is 17.9 Å². The number of aliphatic hydroxyl groups is 1. The zero-order chi connectivity index (χ0) is 24.5. The van der Waals surface area contributed by atoms with Crippen molar-refractivity contribution in [1.29, 1.82) is 4.78 Å². The molecule has 3 atom stereocenters. The summed E-state index contributed by atoms with van der Waals surface area (Å²) < 4.78 is 34.5. The molecular weight excluding hydrogens is 476 g/mol. The fourth-order valence-corrected chi connectivity index (χ4v) is 3.27. The maximum atomic E-state index is 11.3. The number of rotatable bonds is 9. The van der Waals surface area contributed by atoms with Crippen LogP contribution in [0.15, 0.2) is 59.6 Å². The second kappa shape index (κ2) is 12.1. The molecule has 0 aliphatic carbocycles. The van der Waals surface area contributed by atoms with E-state index in [0.717, 1.165) is 0 Å². The van der Waals surface area contributed by atoms with Gasteiger partial charge in [-0.2, -0.15) is 9.27 Å². The van der Waals surface area contributed by atoms with Crippen LogP contribution in [-0.4, -0.2) is 42.4 Å². The molecule has 5 N–H and O–H groups in total. The largest absolute Gasteiger partial charge is 0.394 e. The van der Waals surface area contributed by atoms with E-state index < -0.39 is 21.7 Å². The van der Waals surface area contributed by atoms with Crippen LogP contribution in [-0.2, 0) is 26.0 Å². The molecular formula is C22H24N6O4S2. The van der Waals surface area contributed by atoms with Crippen LogP contribution in [0.4, 0.5) is 23.1 Å². The Morgan fingerprint density at radius 1 is 1.21 bits per heavy atom. The van der Waals surface area contributed by atoms with Crippen LogP contribution < -0.4 is 16.1 Å². The number of aliphatic hydroxyl groups excluding tert-OH is 1. The lowest BCUT2D eigenvalue weighted by atomic mass is 10.2. The number of anilines is 4. The van der Waals surface area contributed by atoms with E-state index >= 15 is 0 Å². The quantitative estimate of drug-likeness (QED) is 0.148. The topological polar surface area (TPSA) is 149 Å². The van der Waals surface area contributed by atoms with Crippen molar-refractivity contribution in [2.75, 3.05) is 29.0 Å². The lowest BCUT2D eigenvalue weighted by molar-refractivity contribution is 0.281. The molecule has 10 nitrogen and oxygen atoms in total. The normalized spacial score (nSPS) is 13.1. The molecule has 1 aromatic heterocycles. The van der Waals surface area contributed by atoms with Gasteiger partial charge in [0.2, 0.25) is 5.95 Å². The highest BCUT2D eigenvalue weighted by molar-refractivity contribution is 7.79. The van der Waals surface area contributed by atoms with E-state index in [4.69, 9.17) is 9.06 Å². The van der Waals surface area contributed by atoms with Crippen molar-refractivity contribution >= 4 is 44.8 Å². The molecule has 2 unspecified atom stereocenters. The van der Waals surface area contributed by atoms with Crippen LogP contribution in [0.2, 0.25) is 0 Å². The molecule has 1 heterocycles. The predicted octanol–water partition coefficient (Wildman–Crippen LogP) is 2.65. The molecule has 0 amide bonds. The number of thiol groups is 1. The highest BCUT2D eigenvalue weighted by Gasteiger charge is 2.09. The number of benzene rings is 2. The summed E-state index contributed by atoms with van der Waals surface area (Å²) in [6, 6.07) is 13.4. The third-order valence-electron chi connectivity index (χ3n) is 4.28. The van der Waals surface area contributed by atoms with E-state index in [1.165, 1.54) is 6.26 Å². The molecule has 178 valence electrons. The molecule has 2 aromatic carbocycles. The zero-order valence-corrected chi connectivity index (χ0v) is 20.1.